The smallest absolute Gasteiger partial charge is 0.406 e. The van der Waals surface area contributed by atoms with Crippen molar-refractivity contribution in [1.82, 2.24) is 19.7 Å². The van der Waals surface area contributed by atoms with Crippen molar-refractivity contribution in [2.24, 2.45) is 0 Å². The number of fused-ring (bicyclic) bond motifs is 1. The van der Waals surface area contributed by atoms with Crippen molar-refractivity contribution in [1.29, 1.82) is 0 Å². The minimum Gasteiger partial charge on any atom is -0.406 e. The van der Waals surface area contributed by atoms with Crippen molar-refractivity contribution >= 4 is 0 Å². The van der Waals surface area contributed by atoms with Crippen LogP contribution in [0.1, 0.15) is 17.4 Å². The summed E-state index contributed by atoms with van der Waals surface area (Å²) in [6.45, 7) is 0.644. The van der Waals surface area contributed by atoms with Gasteiger partial charge < -0.3 is 18.6 Å². The van der Waals surface area contributed by atoms with Crippen molar-refractivity contribution < 1.29 is 31.6 Å². The minimum absolute atomic E-state index is 0.150. The van der Waals surface area contributed by atoms with Crippen LogP contribution in [0.25, 0.3) is 23.0 Å². The third kappa shape index (κ3) is 4.06. The quantitative estimate of drug-likeness (QED) is 0.415. The van der Waals surface area contributed by atoms with Gasteiger partial charge in [-0.2, -0.15) is 4.98 Å². The molecule has 2 aromatic heterocycles. The molecule has 0 saturated carbocycles. The summed E-state index contributed by atoms with van der Waals surface area (Å²) in [7, 11) is 0. The molecular formula is C21H14F4N4O3. The number of hydrogen-bond donors (Lipinski definition) is 0. The van der Waals surface area contributed by atoms with E-state index in [1.807, 2.05) is 4.57 Å². The lowest BCUT2D eigenvalue weighted by atomic mass is 10.1. The van der Waals surface area contributed by atoms with E-state index in [-0.39, 0.29) is 36.0 Å². The van der Waals surface area contributed by atoms with Crippen LogP contribution in [0.15, 0.2) is 59.4 Å². The Morgan fingerprint density at radius 1 is 1.09 bits per heavy atom. The van der Waals surface area contributed by atoms with E-state index in [0.29, 0.717) is 17.8 Å². The van der Waals surface area contributed by atoms with Gasteiger partial charge in [-0.3, -0.25) is 0 Å². The number of nitrogens with zero attached hydrogens (tertiary/aromatic N) is 4. The molecule has 4 aromatic rings. The molecule has 0 amide bonds. The van der Waals surface area contributed by atoms with E-state index in [9.17, 15) is 17.6 Å². The Bertz CT molecular complexity index is 1250. The van der Waals surface area contributed by atoms with Crippen molar-refractivity contribution in [2.45, 2.75) is 25.6 Å². The van der Waals surface area contributed by atoms with Crippen LogP contribution in [0.3, 0.4) is 0 Å². The number of imidazole rings is 1. The molecule has 0 spiro atoms. The number of halogens is 4. The highest BCUT2D eigenvalue weighted by Gasteiger charge is 2.31. The molecule has 164 valence electrons. The maximum atomic E-state index is 13.5. The van der Waals surface area contributed by atoms with Crippen LogP contribution in [-0.4, -0.2) is 26.1 Å². The van der Waals surface area contributed by atoms with Crippen molar-refractivity contribution in [2.75, 3.05) is 0 Å². The van der Waals surface area contributed by atoms with E-state index in [2.05, 4.69) is 19.9 Å². The summed E-state index contributed by atoms with van der Waals surface area (Å²) in [4.78, 5) is 8.65. The van der Waals surface area contributed by atoms with Crippen molar-refractivity contribution in [3.8, 4) is 28.7 Å². The molecule has 11 heteroatoms. The lowest BCUT2D eigenvalue weighted by Crippen LogP contribution is -2.20. The second-order valence-corrected chi connectivity index (χ2v) is 7.04. The SMILES string of the molecule is Fc1cccc([C@H]2Cn3cnc(-c4nc(-c5ccc(OC(F)(F)F)cc5)no4)c3CO2)c1. The predicted octanol–water partition coefficient (Wildman–Crippen LogP) is 4.91. The Balaban J connectivity index is 1.35. The first kappa shape index (κ1) is 20.2. The van der Waals surface area contributed by atoms with E-state index >= 15 is 0 Å². The van der Waals surface area contributed by atoms with Gasteiger partial charge in [0.15, 0.2) is 5.69 Å². The highest BCUT2D eigenvalue weighted by atomic mass is 19.4. The first-order valence-electron chi connectivity index (χ1n) is 9.47. The predicted molar refractivity (Wildman–Crippen MR) is 102 cm³/mol. The first-order valence-corrected chi connectivity index (χ1v) is 9.47. The monoisotopic (exact) mass is 446 g/mol. The number of alkyl halides is 3. The lowest BCUT2D eigenvalue weighted by Gasteiger charge is -2.25. The normalized spacial score (nSPS) is 16.1. The summed E-state index contributed by atoms with van der Waals surface area (Å²) >= 11 is 0. The molecule has 1 atom stereocenters. The van der Waals surface area contributed by atoms with Gasteiger partial charge >= 0.3 is 6.36 Å². The zero-order valence-electron chi connectivity index (χ0n) is 16.2. The van der Waals surface area contributed by atoms with E-state index in [4.69, 9.17) is 9.26 Å². The molecule has 0 unspecified atom stereocenters. The van der Waals surface area contributed by atoms with Crippen LogP contribution in [0, 0.1) is 5.82 Å². The third-order valence-electron chi connectivity index (χ3n) is 4.93. The zero-order chi connectivity index (χ0) is 22.3. The van der Waals surface area contributed by atoms with E-state index in [1.165, 1.54) is 24.3 Å². The van der Waals surface area contributed by atoms with Gasteiger partial charge in [-0.05, 0) is 42.0 Å². The fraction of sp³-hybridized carbons (Fsp3) is 0.190. The van der Waals surface area contributed by atoms with Crippen molar-refractivity contribution in [3.63, 3.8) is 0 Å². The van der Waals surface area contributed by atoms with Gasteiger partial charge in [-0.15, -0.1) is 13.2 Å². The van der Waals surface area contributed by atoms with Gasteiger partial charge in [0.05, 0.1) is 25.2 Å². The number of rotatable bonds is 4. The van der Waals surface area contributed by atoms with Gasteiger partial charge in [-0.25, -0.2) is 9.37 Å². The lowest BCUT2D eigenvalue weighted by molar-refractivity contribution is -0.274. The summed E-state index contributed by atoms with van der Waals surface area (Å²) in [5.41, 5.74) is 2.34. The van der Waals surface area contributed by atoms with Crippen LogP contribution in [-0.2, 0) is 17.9 Å². The molecule has 7 nitrogen and oxygen atoms in total. The molecule has 1 aliphatic rings. The molecule has 0 bridgehead atoms. The van der Waals surface area contributed by atoms with Crippen LogP contribution in [0.5, 0.6) is 5.75 Å². The van der Waals surface area contributed by atoms with Gasteiger partial charge in [-0.1, -0.05) is 17.3 Å². The van der Waals surface area contributed by atoms with E-state index < -0.39 is 6.36 Å². The molecule has 0 aliphatic carbocycles. The topological polar surface area (TPSA) is 75.2 Å². The average Bonchev–Trinajstić information content (AvgIpc) is 3.40. The number of aromatic nitrogens is 4. The molecule has 5 rings (SSSR count). The fourth-order valence-corrected chi connectivity index (χ4v) is 3.46. The van der Waals surface area contributed by atoms with Gasteiger partial charge in [0, 0.05) is 5.56 Å². The van der Waals surface area contributed by atoms with Crippen molar-refractivity contribution in [3.05, 3.63) is 71.9 Å². The molecule has 0 N–H and O–H groups in total. The Kier molecular flexibility index (Phi) is 4.89. The third-order valence-corrected chi connectivity index (χ3v) is 4.93. The van der Waals surface area contributed by atoms with Crippen LogP contribution in [0.2, 0.25) is 0 Å². The van der Waals surface area contributed by atoms with Crippen LogP contribution >= 0.6 is 0 Å². The van der Waals surface area contributed by atoms with Crippen LogP contribution < -0.4 is 4.74 Å². The summed E-state index contributed by atoms with van der Waals surface area (Å²) in [6, 6.07) is 11.3. The second kappa shape index (κ2) is 7.75. The highest BCUT2D eigenvalue weighted by molar-refractivity contribution is 5.59. The molecular weight excluding hydrogens is 432 g/mol. The van der Waals surface area contributed by atoms with Gasteiger partial charge in [0.2, 0.25) is 5.82 Å². The fourth-order valence-electron chi connectivity index (χ4n) is 3.46. The average molecular weight is 446 g/mol. The summed E-state index contributed by atoms with van der Waals surface area (Å²) < 4.78 is 67.4. The Labute approximate surface area is 178 Å². The van der Waals surface area contributed by atoms with E-state index in [1.54, 1.807) is 18.5 Å². The Morgan fingerprint density at radius 2 is 1.91 bits per heavy atom. The Morgan fingerprint density at radius 3 is 2.66 bits per heavy atom. The molecule has 32 heavy (non-hydrogen) atoms. The summed E-state index contributed by atoms with van der Waals surface area (Å²) in [6.07, 6.45) is -3.47. The molecule has 3 heterocycles. The standard InChI is InChI=1S/C21H14F4N4O3/c22-14-3-1-2-13(8-14)17-9-29-11-26-18(16(29)10-30-17)20-27-19(28-32-20)12-4-6-15(7-5-12)31-21(23,24)25/h1-8,11,17H,9-10H2/t17-/m1/s1. The number of ether oxygens (including phenoxy) is 2. The molecule has 0 fully saturated rings. The maximum absolute atomic E-state index is 13.5. The highest BCUT2D eigenvalue weighted by Crippen LogP contribution is 2.32. The number of benzene rings is 2. The second-order valence-electron chi connectivity index (χ2n) is 7.04. The maximum Gasteiger partial charge on any atom is 0.573 e. The number of hydrogen-bond acceptors (Lipinski definition) is 6. The molecule has 2 aromatic carbocycles. The minimum atomic E-state index is -4.77. The van der Waals surface area contributed by atoms with Gasteiger partial charge in [0.1, 0.15) is 17.7 Å². The summed E-state index contributed by atoms with van der Waals surface area (Å²) in [5.74, 6) is -0.343. The molecule has 1 aliphatic heterocycles. The molecule has 0 saturated heterocycles. The zero-order valence-corrected chi connectivity index (χ0v) is 16.2. The summed E-state index contributed by atoms with van der Waals surface area (Å²) in [5, 5.41) is 3.89. The van der Waals surface area contributed by atoms with E-state index in [0.717, 1.165) is 23.4 Å². The largest absolute Gasteiger partial charge is 0.573 e. The Hall–Kier alpha value is -3.73. The first-order chi connectivity index (χ1) is 15.4. The van der Waals surface area contributed by atoms with Crippen LogP contribution in [0.4, 0.5) is 17.6 Å². The van der Waals surface area contributed by atoms with Gasteiger partial charge in [0.25, 0.3) is 5.89 Å². The molecule has 0 radical (unpaired) electrons.